The van der Waals surface area contributed by atoms with Crippen LogP contribution in [0.5, 0.6) is 5.75 Å². The van der Waals surface area contributed by atoms with Crippen LogP contribution in [0.15, 0.2) is 72.8 Å². The second-order valence-corrected chi connectivity index (χ2v) is 9.87. The lowest BCUT2D eigenvalue weighted by atomic mass is 10.1. The highest BCUT2D eigenvalue weighted by Gasteiger charge is 2.44. The van der Waals surface area contributed by atoms with Crippen LogP contribution in [0.1, 0.15) is 17.5 Å². The molecule has 1 N–H and O–H groups in total. The summed E-state index contributed by atoms with van der Waals surface area (Å²) >= 11 is 7.72. The van der Waals surface area contributed by atoms with E-state index in [1.807, 2.05) is 12.1 Å². The van der Waals surface area contributed by atoms with Crippen LogP contribution in [0, 0.1) is 3.57 Å². The topological polar surface area (TPSA) is 61.9 Å². The normalized spacial score (nSPS) is 15.8. The highest BCUT2D eigenvalue weighted by Crippen LogP contribution is 2.34. The number of hydrogen-bond acceptors (Lipinski definition) is 4. The van der Waals surface area contributed by atoms with Crippen molar-refractivity contribution in [1.82, 2.24) is 4.90 Å². The minimum Gasteiger partial charge on any atom is -0.497 e. The Morgan fingerprint density at radius 2 is 1.76 bits per heavy atom. The third-order valence-corrected chi connectivity index (χ3v) is 6.91. The largest absolute Gasteiger partial charge is 0.497 e. The molecule has 192 valence electrons. The summed E-state index contributed by atoms with van der Waals surface area (Å²) in [5.41, 5.74) is 0.437. The Morgan fingerprint density at radius 3 is 2.38 bits per heavy atom. The lowest BCUT2D eigenvalue weighted by Crippen LogP contribution is -2.37. The van der Waals surface area contributed by atoms with Gasteiger partial charge in [-0.1, -0.05) is 18.2 Å². The number of benzene rings is 3. The molecule has 2 amide bonds. The van der Waals surface area contributed by atoms with Crippen molar-refractivity contribution >= 4 is 63.1 Å². The number of methoxy groups -OCH3 is 1. The Bertz CT molecular complexity index is 1320. The molecule has 0 radical (unpaired) electrons. The molecule has 1 heterocycles. The van der Waals surface area contributed by atoms with Gasteiger partial charge in [-0.3, -0.25) is 14.5 Å². The molecule has 1 atom stereocenters. The van der Waals surface area contributed by atoms with Crippen molar-refractivity contribution in [2.24, 2.45) is 0 Å². The summed E-state index contributed by atoms with van der Waals surface area (Å²) in [6, 6.07) is 17.6. The Hall–Kier alpha value is -3.19. The van der Waals surface area contributed by atoms with Crippen molar-refractivity contribution < 1.29 is 27.5 Å². The van der Waals surface area contributed by atoms with Gasteiger partial charge in [-0.2, -0.15) is 13.2 Å². The molecule has 3 aromatic carbocycles. The second-order valence-electron chi connectivity index (χ2n) is 8.26. The summed E-state index contributed by atoms with van der Waals surface area (Å²) in [5.74, 6) is -0.355. The van der Waals surface area contributed by atoms with Crippen molar-refractivity contribution in [3.8, 4) is 5.75 Å². The summed E-state index contributed by atoms with van der Waals surface area (Å²) in [6.07, 6.45) is -4.83. The van der Waals surface area contributed by atoms with Gasteiger partial charge in [0, 0.05) is 15.8 Å². The van der Waals surface area contributed by atoms with Gasteiger partial charge in [-0.15, -0.1) is 0 Å². The number of nitrogens with zero attached hydrogens (tertiary/aromatic N) is 2. The van der Waals surface area contributed by atoms with Crippen LogP contribution < -0.4 is 15.0 Å². The third kappa shape index (κ3) is 6.21. The molecule has 0 aliphatic carbocycles. The number of ether oxygens (including phenoxy) is 1. The Labute approximate surface area is 230 Å². The second kappa shape index (κ2) is 11.1. The van der Waals surface area contributed by atoms with Gasteiger partial charge in [0.2, 0.25) is 5.91 Å². The van der Waals surface area contributed by atoms with Crippen LogP contribution in [-0.2, 0) is 22.3 Å². The highest BCUT2D eigenvalue weighted by molar-refractivity contribution is 14.1. The van der Waals surface area contributed by atoms with E-state index < -0.39 is 29.6 Å². The van der Waals surface area contributed by atoms with Crippen LogP contribution in [-0.4, -0.2) is 35.0 Å². The van der Waals surface area contributed by atoms with Gasteiger partial charge in [-0.25, -0.2) is 0 Å². The van der Waals surface area contributed by atoms with E-state index in [0.29, 0.717) is 11.4 Å². The SMILES string of the molecule is COc1ccc(CN2C(=S)N(c3cccc(C(F)(F)F)c3)C(=O)C2CC(=O)Nc2ccc(I)cc2)cc1. The maximum Gasteiger partial charge on any atom is 0.416 e. The van der Waals surface area contributed by atoms with Crippen LogP contribution in [0.4, 0.5) is 24.5 Å². The van der Waals surface area contributed by atoms with Crippen molar-refractivity contribution in [1.29, 1.82) is 0 Å². The Balaban J connectivity index is 1.63. The first-order valence-corrected chi connectivity index (χ1v) is 12.6. The third-order valence-electron chi connectivity index (χ3n) is 5.77. The number of hydrogen-bond donors (Lipinski definition) is 1. The van der Waals surface area contributed by atoms with E-state index in [-0.39, 0.29) is 23.8 Å². The van der Waals surface area contributed by atoms with Crippen molar-refractivity contribution in [3.63, 3.8) is 0 Å². The number of carbonyl (C=O) groups is 2. The lowest BCUT2D eigenvalue weighted by molar-refractivity contribution is -0.137. The summed E-state index contributed by atoms with van der Waals surface area (Å²) in [6.45, 7) is 0.172. The number of anilines is 2. The zero-order chi connectivity index (χ0) is 26.7. The quantitative estimate of drug-likeness (QED) is 0.260. The first-order valence-electron chi connectivity index (χ1n) is 11.1. The average molecular weight is 639 g/mol. The molecule has 37 heavy (non-hydrogen) atoms. The van der Waals surface area contributed by atoms with Gasteiger partial charge in [0.15, 0.2) is 5.11 Å². The number of alkyl halides is 3. The molecule has 0 spiro atoms. The average Bonchev–Trinajstić information content (AvgIpc) is 3.09. The monoisotopic (exact) mass is 639 g/mol. The maximum atomic E-state index is 13.5. The minimum absolute atomic E-state index is 0.00917. The lowest BCUT2D eigenvalue weighted by Gasteiger charge is -2.24. The maximum absolute atomic E-state index is 13.5. The predicted molar refractivity (Wildman–Crippen MR) is 146 cm³/mol. The van der Waals surface area contributed by atoms with Gasteiger partial charge in [-0.05, 0) is 95.0 Å². The van der Waals surface area contributed by atoms with E-state index in [0.717, 1.165) is 26.2 Å². The predicted octanol–water partition coefficient (Wildman–Crippen LogP) is 5.85. The van der Waals surface area contributed by atoms with E-state index >= 15 is 0 Å². The number of carbonyl (C=O) groups excluding carboxylic acids is 2. The number of amides is 2. The fraction of sp³-hybridized carbons (Fsp3) is 0.192. The van der Waals surface area contributed by atoms with Crippen molar-refractivity contribution in [2.45, 2.75) is 25.2 Å². The molecule has 1 fully saturated rings. The molecule has 1 unspecified atom stereocenters. The first-order chi connectivity index (χ1) is 17.6. The molecule has 11 heteroatoms. The fourth-order valence-corrected chi connectivity index (χ4v) is 4.67. The van der Waals surface area contributed by atoms with E-state index in [1.54, 1.807) is 48.4 Å². The van der Waals surface area contributed by atoms with Crippen molar-refractivity contribution in [3.05, 3.63) is 87.5 Å². The summed E-state index contributed by atoms with van der Waals surface area (Å²) in [7, 11) is 1.54. The zero-order valence-corrected chi connectivity index (χ0v) is 22.4. The smallest absolute Gasteiger partial charge is 0.416 e. The van der Waals surface area contributed by atoms with E-state index in [1.165, 1.54) is 12.1 Å². The van der Waals surface area contributed by atoms with Crippen LogP contribution in [0.25, 0.3) is 0 Å². The highest BCUT2D eigenvalue weighted by atomic mass is 127. The molecule has 6 nitrogen and oxygen atoms in total. The minimum atomic E-state index is -4.59. The van der Waals surface area contributed by atoms with Gasteiger partial charge in [0.05, 0.1) is 24.8 Å². The van der Waals surface area contributed by atoms with Crippen LogP contribution in [0.3, 0.4) is 0 Å². The van der Waals surface area contributed by atoms with Gasteiger partial charge in [0.1, 0.15) is 11.8 Å². The van der Waals surface area contributed by atoms with Crippen molar-refractivity contribution in [2.75, 3.05) is 17.3 Å². The molecule has 1 aliphatic rings. The Kier molecular flexibility index (Phi) is 8.02. The number of rotatable bonds is 7. The molecule has 0 saturated carbocycles. The van der Waals surface area contributed by atoms with E-state index in [4.69, 9.17) is 17.0 Å². The molecular formula is C26H21F3IN3O3S. The molecule has 0 bridgehead atoms. The van der Waals surface area contributed by atoms with Gasteiger partial charge < -0.3 is 15.0 Å². The van der Waals surface area contributed by atoms with Crippen LogP contribution >= 0.6 is 34.8 Å². The number of nitrogens with one attached hydrogen (secondary N) is 1. The molecular weight excluding hydrogens is 618 g/mol. The summed E-state index contributed by atoms with van der Waals surface area (Å²) < 4.78 is 46.2. The zero-order valence-electron chi connectivity index (χ0n) is 19.5. The molecule has 0 aromatic heterocycles. The standard InChI is InChI=1S/C26H21F3IN3O3S/c1-36-21-11-5-16(6-12-21)15-32-22(14-23(34)31-19-9-7-18(30)8-10-19)24(35)33(25(32)37)20-4-2-3-17(13-20)26(27,28)29/h2-13,22H,14-15H2,1H3,(H,31,34). The van der Waals surface area contributed by atoms with E-state index in [2.05, 4.69) is 27.9 Å². The number of thiocarbonyl (C=S) groups is 1. The fourth-order valence-electron chi connectivity index (χ4n) is 3.92. The number of halogens is 4. The molecule has 4 rings (SSSR count). The molecule has 1 saturated heterocycles. The summed E-state index contributed by atoms with van der Waals surface area (Å²) in [5, 5.41) is 2.79. The van der Waals surface area contributed by atoms with Gasteiger partial charge >= 0.3 is 6.18 Å². The van der Waals surface area contributed by atoms with Crippen LogP contribution in [0.2, 0.25) is 0 Å². The van der Waals surface area contributed by atoms with Gasteiger partial charge in [0.25, 0.3) is 5.91 Å². The summed E-state index contributed by atoms with van der Waals surface area (Å²) in [4.78, 5) is 29.1. The molecule has 3 aromatic rings. The van der Waals surface area contributed by atoms with E-state index in [9.17, 15) is 22.8 Å². The molecule has 1 aliphatic heterocycles. The Morgan fingerprint density at radius 1 is 1.08 bits per heavy atom. The first kappa shape index (κ1) is 26.9.